The number of hydrogen-bond acceptors (Lipinski definition) is 3. The van der Waals surface area contributed by atoms with Crippen molar-refractivity contribution in [1.82, 2.24) is 0 Å². The average molecular weight is 194 g/mol. The summed E-state index contributed by atoms with van der Waals surface area (Å²) < 4.78 is 5.12. The Hall–Kier alpha value is -1.84. The van der Waals surface area contributed by atoms with Gasteiger partial charge in [-0.3, -0.25) is 4.79 Å². The van der Waals surface area contributed by atoms with Gasteiger partial charge in [0.25, 0.3) is 5.78 Å². The molecular weight excluding hydrogens is 184 g/mol. The summed E-state index contributed by atoms with van der Waals surface area (Å²) in [5.41, 5.74) is 0.0850. The Morgan fingerprint density at radius 3 is 2.57 bits per heavy atom. The highest BCUT2D eigenvalue weighted by Crippen LogP contribution is 2.18. The predicted octanol–water partition coefficient (Wildman–Crippen LogP) is 1.35. The third kappa shape index (κ3) is 2.10. The van der Waals surface area contributed by atoms with Crippen LogP contribution in [0.25, 0.3) is 0 Å². The van der Waals surface area contributed by atoms with E-state index in [9.17, 15) is 9.59 Å². The molecule has 0 bridgehead atoms. The number of aliphatic carboxylic acids is 1. The molecule has 0 saturated carbocycles. The van der Waals surface area contributed by atoms with E-state index >= 15 is 0 Å². The van der Waals surface area contributed by atoms with E-state index in [2.05, 4.69) is 0 Å². The predicted molar refractivity (Wildman–Crippen MR) is 49.6 cm³/mol. The second kappa shape index (κ2) is 4.41. The van der Waals surface area contributed by atoms with Gasteiger partial charge in [0, 0.05) is 0 Å². The maximum Gasteiger partial charge on any atom is 0.377 e. The quantitative estimate of drug-likeness (QED) is 0.580. The van der Waals surface area contributed by atoms with E-state index in [1.165, 1.54) is 6.07 Å². The van der Waals surface area contributed by atoms with Gasteiger partial charge >= 0.3 is 5.97 Å². The molecular formula is C10H10O4. The Balaban J connectivity index is 3.06. The number of carboxylic acids is 1. The monoisotopic (exact) mass is 194 g/mol. The van der Waals surface area contributed by atoms with Crippen molar-refractivity contribution in [2.75, 3.05) is 6.61 Å². The van der Waals surface area contributed by atoms with Crippen LogP contribution in [0.2, 0.25) is 0 Å². The number of ketones is 1. The lowest BCUT2D eigenvalue weighted by molar-refractivity contribution is -0.131. The van der Waals surface area contributed by atoms with Gasteiger partial charge in [0.2, 0.25) is 0 Å². The molecule has 0 spiro atoms. The van der Waals surface area contributed by atoms with Crippen LogP contribution in [0.15, 0.2) is 24.3 Å². The lowest BCUT2D eigenvalue weighted by Gasteiger charge is -2.06. The Kier molecular flexibility index (Phi) is 3.23. The molecule has 0 heterocycles. The maximum absolute atomic E-state index is 11.2. The van der Waals surface area contributed by atoms with Gasteiger partial charge < -0.3 is 9.84 Å². The highest BCUT2D eigenvalue weighted by molar-refractivity contribution is 6.40. The molecule has 74 valence electrons. The van der Waals surface area contributed by atoms with E-state index in [1.54, 1.807) is 25.1 Å². The van der Waals surface area contributed by atoms with Crippen LogP contribution in [0.1, 0.15) is 17.3 Å². The lowest BCUT2D eigenvalue weighted by Crippen LogP contribution is -2.14. The zero-order valence-electron chi connectivity index (χ0n) is 7.69. The van der Waals surface area contributed by atoms with Crippen molar-refractivity contribution in [2.24, 2.45) is 0 Å². The van der Waals surface area contributed by atoms with Crippen LogP contribution in [0.3, 0.4) is 0 Å². The number of carbonyl (C=O) groups excluding carboxylic acids is 1. The number of benzene rings is 1. The molecule has 14 heavy (non-hydrogen) atoms. The van der Waals surface area contributed by atoms with Crippen LogP contribution < -0.4 is 4.74 Å². The fourth-order valence-corrected chi connectivity index (χ4v) is 1.05. The molecule has 1 aromatic rings. The highest BCUT2D eigenvalue weighted by atomic mass is 16.5. The zero-order chi connectivity index (χ0) is 10.6. The fourth-order valence-electron chi connectivity index (χ4n) is 1.05. The normalized spacial score (nSPS) is 9.50. The summed E-state index contributed by atoms with van der Waals surface area (Å²) >= 11 is 0. The van der Waals surface area contributed by atoms with Gasteiger partial charge in [0.15, 0.2) is 0 Å². The van der Waals surface area contributed by atoms with Crippen molar-refractivity contribution in [3.63, 3.8) is 0 Å². The lowest BCUT2D eigenvalue weighted by atomic mass is 10.1. The number of para-hydroxylation sites is 1. The number of ether oxygens (including phenoxy) is 1. The molecule has 0 radical (unpaired) electrons. The molecule has 4 heteroatoms. The van der Waals surface area contributed by atoms with Gasteiger partial charge in [-0.25, -0.2) is 4.79 Å². The van der Waals surface area contributed by atoms with E-state index < -0.39 is 11.8 Å². The Bertz CT molecular complexity index is 357. The number of hydrogen-bond donors (Lipinski definition) is 1. The zero-order valence-corrected chi connectivity index (χ0v) is 7.69. The largest absolute Gasteiger partial charge is 0.493 e. The number of rotatable bonds is 4. The summed E-state index contributed by atoms with van der Waals surface area (Å²) in [7, 11) is 0. The minimum atomic E-state index is -1.47. The smallest absolute Gasteiger partial charge is 0.377 e. The molecule has 0 aromatic heterocycles. The second-order valence-corrected chi connectivity index (χ2v) is 2.56. The van der Waals surface area contributed by atoms with E-state index in [0.717, 1.165) is 0 Å². The van der Waals surface area contributed by atoms with E-state index in [4.69, 9.17) is 9.84 Å². The van der Waals surface area contributed by atoms with Crippen LogP contribution in [-0.4, -0.2) is 23.5 Å². The third-order valence-corrected chi connectivity index (χ3v) is 1.63. The summed E-state index contributed by atoms with van der Waals surface area (Å²) in [5.74, 6) is -2.12. The van der Waals surface area contributed by atoms with Gasteiger partial charge in [-0.1, -0.05) is 12.1 Å². The van der Waals surface area contributed by atoms with Crippen LogP contribution >= 0.6 is 0 Å². The molecule has 1 aromatic carbocycles. The van der Waals surface area contributed by atoms with Crippen LogP contribution in [0.4, 0.5) is 0 Å². The van der Waals surface area contributed by atoms with Crippen LogP contribution in [0.5, 0.6) is 5.75 Å². The Morgan fingerprint density at radius 2 is 2.00 bits per heavy atom. The molecule has 0 saturated heterocycles. The first-order chi connectivity index (χ1) is 6.66. The van der Waals surface area contributed by atoms with Crippen molar-refractivity contribution in [2.45, 2.75) is 6.92 Å². The SMILES string of the molecule is CCOc1ccccc1C(=O)C(=O)O. The summed E-state index contributed by atoms with van der Waals surface area (Å²) in [6.07, 6.45) is 0. The first-order valence-electron chi connectivity index (χ1n) is 4.16. The standard InChI is InChI=1S/C10H10O4/c1-2-14-8-6-4-3-5-7(8)9(11)10(12)13/h3-6H,2H2,1H3,(H,12,13). The van der Waals surface area contributed by atoms with Crippen LogP contribution in [0, 0.1) is 0 Å². The summed E-state index contributed by atoms with van der Waals surface area (Å²) in [6, 6.07) is 6.28. The summed E-state index contributed by atoms with van der Waals surface area (Å²) in [5, 5.41) is 8.52. The van der Waals surface area contributed by atoms with E-state index in [1.807, 2.05) is 0 Å². The van der Waals surface area contributed by atoms with E-state index in [-0.39, 0.29) is 5.56 Å². The Morgan fingerprint density at radius 1 is 1.36 bits per heavy atom. The van der Waals surface area contributed by atoms with Crippen LogP contribution in [-0.2, 0) is 4.79 Å². The molecule has 0 fully saturated rings. The topological polar surface area (TPSA) is 63.6 Å². The van der Waals surface area contributed by atoms with Gasteiger partial charge in [0.05, 0.1) is 12.2 Å². The molecule has 4 nitrogen and oxygen atoms in total. The first kappa shape index (κ1) is 10.2. The van der Waals surface area contributed by atoms with Crippen molar-refractivity contribution >= 4 is 11.8 Å². The van der Waals surface area contributed by atoms with E-state index in [0.29, 0.717) is 12.4 Å². The molecule has 1 rings (SSSR count). The van der Waals surface area contributed by atoms with Gasteiger partial charge in [0.1, 0.15) is 5.75 Å². The number of carbonyl (C=O) groups is 2. The molecule has 0 unspecified atom stereocenters. The van der Waals surface area contributed by atoms with Crippen molar-refractivity contribution in [3.05, 3.63) is 29.8 Å². The van der Waals surface area contributed by atoms with Gasteiger partial charge in [-0.15, -0.1) is 0 Å². The second-order valence-electron chi connectivity index (χ2n) is 2.56. The number of carboxylic acid groups (broad SMARTS) is 1. The molecule has 0 aliphatic carbocycles. The minimum Gasteiger partial charge on any atom is -0.493 e. The van der Waals surface area contributed by atoms with Crippen molar-refractivity contribution in [1.29, 1.82) is 0 Å². The first-order valence-corrected chi connectivity index (χ1v) is 4.16. The maximum atomic E-state index is 11.2. The minimum absolute atomic E-state index is 0.0850. The van der Waals surface area contributed by atoms with Gasteiger partial charge in [-0.2, -0.15) is 0 Å². The molecule has 0 aliphatic rings. The fraction of sp³-hybridized carbons (Fsp3) is 0.200. The molecule has 0 amide bonds. The van der Waals surface area contributed by atoms with Crippen molar-refractivity contribution in [3.8, 4) is 5.75 Å². The Labute approximate surface area is 81.1 Å². The van der Waals surface area contributed by atoms with Gasteiger partial charge in [-0.05, 0) is 19.1 Å². The molecule has 1 N–H and O–H groups in total. The molecule has 0 aliphatic heterocycles. The van der Waals surface area contributed by atoms with Crippen molar-refractivity contribution < 1.29 is 19.4 Å². The molecule has 0 atom stereocenters. The summed E-state index contributed by atoms with van der Waals surface area (Å²) in [4.78, 5) is 21.6. The third-order valence-electron chi connectivity index (χ3n) is 1.63. The summed E-state index contributed by atoms with van der Waals surface area (Å²) in [6.45, 7) is 2.16. The highest BCUT2D eigenvalue weighted by Gasteiger charge is 2.18. The number of Topliss-reactive ketones (excluding diaryl/α,β-unsaturated/α-hetero) is 1. The average Bonchev–Trinajstić information content (AvgIpc) is 2.18.